The Kier molecular flexibility index (Phi) is 8.08. The number of oxazole rings is 1. The van der Waals surface area contributed by atoms with Crippen LogP contribution in [0.5, 0.6) is 0 Å². The second-order valence-electron chi connectivity index (χ2n) is 6.76. The van der Waals surface area contributed by atoms with Crippen molar-refractivity contribution in [2.45, 2.75) is 19.5 Å². The zero-order valence-corrected chi connectivity index (χ0v) is 19.6. The van der Waals surface area contributed by atoms with Crippen LogP contribution in [0.3, 0.4) is 0 Å². The normalized spacial score (nSPS) is 14.2. The zero-order chi connectivity index (χ0) is 19.2. The first-order chi connectivity index (χ1) is 13.8. The fourth-order valence-electron chi connectivity index (χ4n) is 3.33. The highest BCUT2D eigenvalue weighted by Crippen LogP contribution is 2.23. The van der Waals surface area contributed by atoms with Gasteiger partial charge in [-0.1, -0.05) is 18.2 Å². The van der Waals surface area contributed by atoms with E-state index in [0.717, 1.165) is 49.8 Å². The monoisotopic (exact) mass is 523 g/mol. The summed E-state index contributed by atoms with van der Waals surface area (Å²) < 4.78 is 5.58. The summed E-state index contributed by atoms with van der Waals surface area (Å²) in [4.78, 5) is 12.9. The molecule has 0 spiro atoms. The molecule has 0 radical (unpaired) electrons. The molecule has 154 valence electrons. The third-order valence-electron chi connectivity index (χ3n) is 4.84. The molecule has 2 N–H and O–H groups in total. The molecule has 8 heteroatoms. The maximum absolute atomic E-state index is 5.58. The highest BCUT2D eigenvalue weighted by atomic mass is 127. The standard InChI is InChI=1S/C21H25N5OS.HI/c1-22-21(23-9-11-26-10-7-19-17(14-26)8-12-28-19)24-13-18-15-27-20(25-18)16-5-3-2-4-6-16;/h2-6,8,12,15H,7,9-11,13-14H2,1H3,(H2,22,23,24);1H. The number of aromatic nitrogens is 1. The van der Waals surface area contributed by atoms with Crippen molar-refractivity contribution < 1.29 is 4.42 Å². The summed E-state index contributed by atoms with van der Waals surface area (Å²) in [5.74, 6) is 1.41. The Bertz CT molecular complexity index is 924. The van der Waals surface area contributed by atoms with Crippen molar-refractivity contribution in [3.63, 3.8) is 0 Å². The summed E-state index contributed by atoms with van der Waals surface area (Å²) in [5.41, 5.74) is 3.31. The van der Waals surface area contributed by atoms with Gasteiger partial charge in [0.15, 0.2) is 5.96 Å². The number of guanidine groups is 1. The molecule has 1 aliphatic rings. The number of nitrogens with zero attached hydrogens (tertiary/aromatic N) is 3. The molecule has 0 atom stereocenters. The molecule has 0 bridgehead atoms. The Morgan fingerprint density at radius 2 is 2.10 bits per heavy atom. The summed E-state index contributed by atoms with van der Waals surface area (Å²) in [6, 6.07) is 12.2. The van der Waals surface area contributed by atoms with Crippen molar-refractivity contribution in [1.82, 2.24) is 20.5 Å². The lowest BCUT2D eigenvalue weighted by Crippen LogP contribution is -2.42. The molecule has 0 unspecified atom stereocenters. The zero-order valence-electron chi connectivity index (χ0n) is 16.4. The molecule has 0 fully saturated rings. The van der Waals surface area contributed by atoms with E-state index in [0.29, 0.717) is 12.4 Å². The van der Waals surface area contributed by atoms with Crippen LogP contribution in [0.15, 0.2) is 57.5 Å². The van der Waals surface area contributed by atoms with E-state index in [9.17, 15) is 0 Å². The molecule has 0 amide bonds. The van der Waals surface area contributed by atoms with Gasteiger partial charge in [0.1, 0.15) is 6.26 Å². The van der Waals surface area contributed by atoms with Crippen molar-refractivity contribution >= 4 is 41.3 Å². The highest BCUT2D eigenvalue weighted by molar-refractivity contribution is 14.0. The topological polar surface area (TPSA) is 65.7 Å². The molecule has 29 heavy (non-hydrogen) atoms. The number of rotatable bonds is 6. The van der Waals surface area contributed by atoms with Crippen molar-refractivity contribution in [2.75, 3.05) is 26.7 Å². The van der Waals surface area contributed by atoms with Gasteiger partial charge < -0.3 is 15.1 Å². The predicted molar refractivity (Wildman–Crippen MR) is 129 cm³/mol. The van der Waals surface area contributed by atoms with Crippen molar-refractivity contribution in [1.29, 1.82) is 0 Å². The minimum atomic E-state index is 0. The second-order valence-corrected chi connectivity index (χ2v) is 7.76. The molecule has 1 aromatic carbocycles. The van der Waals surface area contributed by atoms with Crippen LogP contribution in [0.2, 0.25) is 0 Å². The van der Waals surface area contributed by atoms with Gasteiger partial charge in [-0.3, -0.25) is 9.89 Å². The van der Waals surface area contributed by atoms with Crippen LogP contribution >= 0.6 is 35.3 Å². The van der Waals surface area contributed by atoms with E-state index < -0.39 is 0 Å². The van der Waals surface area contributed by atoms with Crippen molar-refractivity contribution in [3.8, 4) is 11.5 Å². The van der Waals surface area contributed by atoms with E-state index in [-0.39, 0.29) is 24.0 Å². The average molecular weight is 523 g/mol. The molecule has 0 saturated heterocycles. The van der Waals surface area contributed by atoms with Gasteiger partial charge >= 0.3 is 0 Å². The number of hydrogen-bond acceptors (Lipinski definition) is 5. The van der Waals surface area contributed by atoms with Crippen molar-refractivity contribution in [2.24, 2.45) is 4.99 Å². The third-order valence-corrected chi connectivity index (χ3v) is 5.86. The summed E-state index contributed by atoms with van der Waals surface area (Å²) in [6.45, 7) is 4.60. The van der Waals surface area contributed by atoms with Crippen LogP contribution in [0.1, 0.15) is 16.1 Å². The van der Waals surface area contributed by atoms with E-state index in [1.54, 1.807) is 18.2 Å². The van der Waals surface area contributed by atoms with Gasteiger partial charge in [-0.25, -0.2) is 4.98 Å². The molecule has 0 saturated carbocycles. The minimum absolute atomic E-state index is 0. The van der Waals surface area contributed by atoms with Gasteiger partial charge in [-0.05, 0) is 35.6 Å². The number of benzene rings is 1. The van der Waals surface area contributed by atoms with Gasteiger partial charge in [0.2, 0.25) is 5.89 Å². The Balaban J connectivity index is 0.00000240. The lowest BCUT2D eigenvalue weighted by Gasteiger charge is -2.27. The van der Waals surface area contributed by atoms with Crippen LogP contribution in [0.4, 0.5) is 0 Å². The molecular weight excluding hydrogens is 497 g/mol. The van der Waals surface area contributed by atoms with Gasteiger partial charge in [0.25, 0.3) is 0 Å². The molecule has 3 heterocycles. The Labute approximate surface area is 192 Å². The maximum Gasteiger partial charge on any atom is 0.226 e. The van der Waals surface area contributed by atoms with Gasteiger partial charge in [-0.2, -0.15) is 0 Å². The van der Waals surface area contributed by atoms with Crippen LogP contribution in [-0.2, 0) is 19.5 Å². The Morgan fingerprint density at radius 1 is 1.24 bits per heavy atom. The molecule has 0 aliphatic carbocycles. The molecule has 6 nitrogen and oxygen atoms in total. The van der Waals surface area contributed by atoms with Gasteiger partial charge in [-0.15, -0.1) is 35.3 Å². The molecule has 1 aliphatic heterocycles. The van der Waals surface area contributed by atoms with Gasteiger partial charge in [0.05, 0.1) is 12.2 Å². The number of thiophene rings is 1. The summed E-state index contributed by atoms with van der Waals surface area (Å²) in [5, 5.41) is 8.88. The number of hydrogen-bond donors (Lipinski definition) is 2. The maximum atomic E-state index is 5.58. The van der Waals surface area contributed by atoms with E-state index in [4.69, 9.17) is 4.42 Å². The van der Waals surface area contributed by atoms with Crippen LogP contribution in [0, 0.1) is 0 Å². The quantitative estimate of drug-likeness (QED) is 0.293. The lowest BCUT2D eigenvalue weighted by atomic mass is 10.1. The molecule has 2 aromatic heterocycles. The predicted octanol–water partition coefficient (Wildman–Crippen LogP) is 3.74. The van der Waals surface area contributed by atoms with E-state index in [1.165, 1.54) is 5.56 Å². The van der Waals surface area contributed by atoms with E-state index >= 15 is 0 Å². The van der Waals surface area contributed by atoms with Gasteiger partial charge in [0, 0.05) is 43.7 Å². The van der Waals surface area contributed by atoms with Crippen LogP contribution in [-0.4, -0.2) is 42.5 Å². The molecule has 3 aromatic rings. The summed E-state index contributed by atoms with van der Waals surface area (Å²) in [6.07, 6.45) is 2.85. The number of fused-ring (bicyclic) bond motifs is 1. The SMILES string of the molecule is CN=C(NCCN1CCc2sccc2C1)NCc1coc(-c2ccccc2)n1.I. The van der Waals surface area contributed by atoms with E-state index in [2.05, 4.69) is 37.0 Å². The second kappa shape index (κ2) is 10.7. The number of nitrogens with one attached hydrogen (secondary N) is 2. The fourth-order valence-corrected chi connectivity index (χ4v) is 4.22. The Hall–Kier alpha value is -1.91. The third kappa shape index (κ3) is 5.80. The average Bonchev–Trinajstić information content (AvgIpc) is 3.40. The summed E-state index contributed by atoms with van der Waals surface area (Å²) >= 11 is 1.88. The number of aliphatic imine (C=N–C) groups is 1. The first kappa shape index (κ1) is 21.8. The molecule has 4 rings (SSSR count). The fraction of sp³-hybridized carbons (Fsp3) is 0.333. The Morgan fingerprint density at radius 3 is 2.93 bits per heavy atom. The largest absolute Gasteiger partial charge is 0.444 e. The van der Waals surface area contributed by atoms with Crippen LogP contribution < -0.4 is 10.6 Å². The van der Waals surface area contributed by atoms with Crippen molar-refractivity contribution in [3.05, 3.63) is 64.2 Å². The first-order valence-corrected chi connectivity index (χ1v) is 10.4. The van der Waals surface area contributed by atoms with E-state index in [1.807, 2.05) is 41.7 Å². The molecular formula is C21H26IN5OS. The summed E-state index contributed by atoms with van der Waals surface area (Å²) in [7, 11) is 1.78. The smallest absolute Gasteiger partial charge is 0.226 e. The van der Waals surface area contributed by atoms with Crippen LogP contribution in [0.25, 0.3) is 11.5 Å². The highest BCUT2D eigenvalue weighted by Gasteiger charge is 2.16. The first-order valence-electron chi connectivity index (χ1n) is 9.54. The number of halogens is 1. The lowest BCUT2D eigenvalue weighted by molar-refractivity contribution is 0.260. The minimum Gasteiger partial charge on any atom is -0.444 e.